The van der Waals surface area contributed by atoms with Crippen molar-refractivity contribution in [3.63, 3.8) is 0 Å². The lowest BCUT2D eigenvalue weighted by molar-refractivity contribution is -0.0185. The fraction of sp³-hybridized carbons (Fsp3) is 1.00. The van der Waals surface area contributed by atoms with Crippen molar-refractivity contribution in [1.29, 1.82) is 0 Å². The third kappa shape index (κ3) is 4.19. The van der Waals surface area contributed by atoms with Gasteiger partial charge in [-0.25, -0.2) is 0 Å². The molecule has 4 unspecified atom stereocenters. The van der Waals surface area contributed by atoms with Gasteiger partial charge in [0.1, 0.15) is 0 Å². The van der Waals surface area contributed by atoms with E-state index in [4.69, 9.17) is 10.5 Å². The molecule has 1 saturated heterocycles. The molecule has 0 radical (unpaired) electrons. The van der Waals surface area contributed by atoms with Crippen LogP contribution in [0.4, 0.5) is 0 Å². The summed E-state index contributed by atoms with van der Waals surface area (Å²) >= 11 is 0. The van der Waals surface area contributed by atoms with Crippen molar-refractivity contribution in [2.24, 2.45) is 17.1 Å². The van der Waals surface area contributed by atoms with E-state index in [1.807, 2.05) is 0 Å². The molecule has 20 heavy (non-hydrogen) atoms. The fourth-order valence-corrected chi connectivity index (χ4v) is 3.87. The monoisotopic (exact) mass is 282 g/mol. The van der Waals surface area contributed by atoms with E-state index in [2.05, 4.69) is 32.7 Å². The first-order valence-corrected chi connectivity index (χ1v) is 8.45. The third-order valence-electron chi connectivity index (χ3n) is 5.43. The zero-order valence-corrected chi connectivity index (χ0v) is 13.9. The van der Waals surface area contributed by atoms with Crippen LogP contribution in [0.15, 0.2) is 0 Å². The minimum Gasteiger partial charge on any atom is -0.377 e. The van der Waals surface area contributed by atoms with Crippen LogP contribution in [0.2, 0.25) is 0 Å². The Morgan fingerprint density at radius 2 is 1.90 bits per heavy atom. The molecule has 0 aromatic heterocycles. The van der Waals surface area contributed by atoms with Crippen LogP contribution in [0.5, 0.6) is 0 Å². The summed E-state index contributed by atoms with van der Waals surface area (Å²) in [6.07, 6.45) is 7.89. The molecule has 2 N–H and O–H groups in total. The highest BCUT2D eigenvalue weighted by Crippen LogP contribution is 2.38. The first kappa shape index (κ1) is 16.3. The van der Waals surface area contributed by atoms with Gasteiger partial charge in [-0.3, -0.25) is 4.90 Å². The lowest BCUT2D eigenvalue weighted by atomic mass is 9.69. The summed E-state index contributed by atoms with van der Waals surface area (Å²) in [6, 6.07) is 0.862. The van der Waals surface area contributed by atoms with Crippen molar-refractivity contribution in [3.05, 3.63) is 0 Å². The van der Waals surface area contributed by atoms with Crippen molar-refractivity contribution in [1.82, 2.24) is 4.90 Å². The maximum absolute atomic E-state index is 6.41. The molecule has 3 nitrogen and oxygen atoms in total. The summed E-state index contributed by atoms with van der Waals surface area (Å²) in [4.78, 5) is 2.48. The van der Waals surface area contributed by atoms with E-state index >= 15 is 0 Å². The highest BCUT2D eigenvalue weighted by Gasteiger charge is 2.36. The van der Waals surface area contributed by atoms with Crippen LogP contribution in [0, 0.1) is 11.3 Å². The Kier molecular flexibility index (Phi) is 5.49. The molecular formula is C17H34N2O. The van der Waals surface area contributed by atoms with Gasteiger partial charge in [0.2, 0.25) is 0 Å². The van der Waals surface area contributed by atoms with Gasteiger partial charge in [-0.2, -0.15) is 0 Å². The molecule has 2 aliphatic rings. The smallest absolute Gasteiger partial charge is 0.0702 e. The second-order valence-corrected chi connectivity index (χ2v) is 8.04. The predicted molar refractivity (Wildman–Crippen MR) is 84.8 cm³/mol. The summed E-state index contributed by atoms with van der Waals surface area (Å²) in [5.41, 5.74) is 6.81. The second-order valence-electron chi connectivity index (χ2n) is 8.04. The number of ether oxygens (including phenoxy) is 1. The Morgan fingerprint density at radius 1 is 1.15 bits per heavy atom. The van der Waals surface area contributed by atoms with Crippen molar-refractivity contribution < 1.29 is 4.74 Å². The third-order valence-corrected chi connectivity index (χ3v) is 5.43. The average Bonchev–Trinajstić information content (AvgIpc) is 2.39. The summed E-state index contributed by atoms with van der Waals surface area (Å²) in [6.45, 7) is 9.11. The molecule has 1 saturated carbocycles. The van der Waals surface area contributed by atoms with Crippen molar-refractivity contribution in [2.75, 3.05) is 20.2 Å². The number of nitrogens with two attached hydrogens (primary N) is 1. The zero-order valence-electron chi connectivity index (χ0n) is 13.9. The minimum absolute atomic E-state index is 0.335. The van der Waals surface area contributed by atoms with Gasteiger partial charge in [-0.1, -0.05) is 20.8 Å². The number of hydrogen-bond donors (Lipinski definition) is 1. The Labute approximate surface area is 125 Å². The molecule has 0 aromatic rings. The van der Waals surface area contributed by atoms with Gasteiger partial charge >= 0.3 is 0 Å². The molecule has 1 heterocycles. The topological polar surface area (TPSA) is 38.5 Å². The average molecular weight is 282 g/mol. The lowest BCUT2D eigenvalue weighted by Crippen LogP contribution is -2.53. The quantitative estimate of drug-likeness (QED) is 0.864. The molecule has 2 rings (SSSR count). The largest absolute Gasteiger partial charge is 0.377 e. The van der Waals surface area contributed by atoms with Crippen LogP contribution in [0.25, 0.3) is 0 Å². The van der Waals surface area contributed by atoms with Crippen molar-refractivity contribution in [3.8, 4) is 0 Å². The number of rotatable bonds is 3. The van der Waals surface area contributed by atoms with E-state index in [1.165, 1.54) is 38.5 Å². The predicted octanol–water partition coefficient (Wildman–Crippen LogP) is 3.03. The van der Waals surface area contributed by atoms with Gasteiger partial charge in [-0.05, 0) is 56.9 Å². The number of hydrogen-bond acceptors (Lipinski definition) is 3. The molecule has 2 fully saturated rings. The molecule has 0 spiro atoms. The van der Waals surface area contributed by atoms with Gasteiger partial charge in [0.05, 0.1) is 6.10 Å². The number of likely N-dealkylation sites (N-methyl/N-ethyl adjacent to an activating group) is 1. The van der Waals surface area contributed by atoms with E-state index in [0.717, 1.165) is 19.1 Å². The zero-order chi connectivity index (χ0) is 14.8. The van der Waals surface area contributed by atoms with Crippen LogP contribution in [0.3, 0.4) is 0 Å². The van der Waals surface area contributed by atoms with Crippen molar-refractivity contribution >= 4 is 0 Å². The molecule has 118 valence electrons. The van der Waals surface area contributed by atoms with E-state index in [1.54, 1.807) is 0 Å². The SMILES string of the molecule is CN(CC1CCCCO1)C1CC(C(C)(C)C)CCC1N. The summed E-state index contributed by atoms with van der Waals surface area (Å²) in [5.74, 6) is 0.794. The maximum Gasteiger partial charge on any atom is 0.0702 e. The summed E-state index contributed by atoms with van der Waals surface area (Å²) in [5, 5.41) is 0. The second kappa shape index (κ2) is 6.76. The molecule has 1 aliphatic carbocycles. The standard InChI is InChI=1S/C17H34N2O/c1-17(2,3)13-8-9-15(18)16(11-13)19(4)12-14-7-5-6-10-20-14/h13-16H,5-12,18H2,1-4H3. The van der Waals surface area contributed by atoms with Gasteiger partial charge in [0.15, 0.2) is 0 Å². The first-order chi connectivity index (χ1) is 9.38. The normalized spacial score (nSPS) is 36.3. The van der Waals surface area contributed by atoms with Crippen LogP contribution in [-0.4, -0.2) is 43.3 Å². The van der Waals surface area contributed by atoms with E-state index < -0.39 is 0 Å². The van der Waals surface area contributed by atoms with E-state index in [-0.39, 0.29) is 0 Å². The Balaban J connectivity index is 1.90. The van der Waals surface area contributed by atoms with Crippen LogP contribution in [-0.2, 0) is 4.74 Å². The Bertz CT molecular complexity index is 294. The lowest BCUT2D eigenvalue weighted by Gasteiger charge is -2.45. The molecule has 3 heteroatoms. The minimum atomic E-state index is 0.335. The van der Waals surface area contributed by atoms with E-state index in [0.29, 0.717) is 23.6 Å². The van der Waals surface area contributed by atoms with Crippen LogP contribution < -0.4 is 5.73 Å². The first-order valence-electron chi connectivity index (χ1n) is 8.45. The van der Waals surface area contributed by atoms with Gasteiger partial charge < -0.3 is 10.5 Å². The highest BCUT2D eigenvalue weighted by molar-refractivity contribution is 4.92. The molecule has 1 aliphatic heterocycles. The molecular weight excluding hydrogens is 248 g/mol. The maximum atomic E-state index is 6.41. The number of nitrogens with zero attached hydrogens (tertiary/aromatic N) is 1. The Morgan fingerprint density at radius 3 is 2.50 bits per heavy atom. The van der Waals surface area contributed by atoms with Gasteiger partial charge in [0.25, 0.3) is 0 Å². The van der Waals surface area contributed by atoms with Crippen LogP contribution in [0.1, 0.15) is 59.3 Å². The Hall–Kier alpha value is -0.120. The highest BCUT2D eigenvalue weighted by atomic mass is 16.5. The molecule has 4 atom stereocenters. The van der Waals surface area contributed by atoms with Gasteiger partial charge in [0, 0.05) is 25.2 Å². The molecule has 0 amide bonds. The summed E-state index contributed by atoms with van der Waals surface area (Å²) < 4.78 is 5.89. The van der Waals surface area contributed by atoms with Gasteiger partial charge in [-0.15, -0.1) is 0 Å². The fourth-order valence-electron chi connectivity index (χ4n) is 3.87. The van der Waals surface area contributed by atoms with Crippen LogP contribution >= 0.6 is 0 Å². The summed E-state index contributed by atoms with van der Waals surface area (Å²) in [7, 11) is 2.24. The van der Waals surface area contributed by atoms with Crippen molar-refractivity contribution in [2.45, 2.75) is 77.5 Å². The molecule has 0 aromatic carbocycles. The molecule has 0 bridgehead atoms. The van der Waals surface area contributed by atoms with E-state index in [9.17, 15) is 0 Å².